The fourth-order valence-corrected chi connectivity index (χ4v) is 2.08. The average Bonchev–Trinajstić information content (AvgIpc) is 2.78. The number of para-hydroxylation sites is 1. The van der Waals surface area contributed by atoms with E-state index in [4.69, 9.17) is 16.0 Å². The second-order valence-electron chi connectivity index (χ2n) is 3.94. The van der Waals surface area contributed by atoms with E-state index >= 15 is 0 Å². The number of furan rings is 1. The van der Waals surface area contributed by atoms with Gasteiger partial charge < -0.3 is 9.32 Å². The molecule has 0 bridgehead atoms. The Hall–Kier alpha value is -1.74. The zero-order valence-electron chi connectivity index (χ0n) is 10.3. The molecule has 0 N–H and O–H groups in total. The van der Waals surface area contributed by atoms with Crippen LogP contribution < -0.4 is 4.90 Å². The Morgan fingerprint density at radius 1 is 1.33 bits per heavy atom. The van der Waals surface area contributed by atoms with Crippen LogP contribution in [0.4, 0.5) is 5.69 Å². The Morgan fingerprint density at radius 2 is 2.06 bits per heavy atom. The van der Waals surface area contributed by atoms with Crippen molar-refractivity contribution in [2.24, 2.45) is 0 Å². The number of rotatable bonds is 3. The molecule has 0 aliphatic rings. The molecule has 18 heavy (non-hydrogen) atoms. The second-order valence-corrected chi connectivity index (χ2v) is 4.29. The van der Waals surface area contributed by atoms with E-state index in [1.165, 1.54) is 6.26 Å². The van der Waals surface area contributed by atoms with Gasteiger partial charge in [0.2, 0.25) is 5.22 Å². The van der Waals surface area contributed by atoms with E-state index in [-0.39, 0.29) is 11.1 Å². The minimum Gasteiger partial charge on any atom is -0.452 e. The average molecular weight is 264 g/mol. The van der Waals surface area contributed by atoms with Gasteiger partial charge in [0.25, 0.3) is 5.91 Å². The van der Waals surface area contributed by atoms with Crippen LogP contribution >= 0.6 is 11.6 Å². The van der Waals surface area contributed by atoms with E-state index < -0.39 is 0 Å². The molecule has 1 heterocycles. The highest BCUT2D eigenvalue weighted by molar-refractivity contribution is 6.32. The summed E-state index contributed by atoms with van der Waals surface area (Å²) in [6.45, 7) is 4.48. The number of halogens is 1. The topological polar surface area (TPSA) is 33.5 Å². The molecule has 0 atom stereocenters. The van der Waals surface area contributed by atoms with Crippen LogP contribution in [-0.4, -0.2) is 12.5 Å². The number of nitrogens with zero attached hydrogens (tertiary/aromatic N) is 1. The first-order chi connectivity index (χ1) is 8.65. The first kappa shape index (κ1) is 12.7. The van der Waals surface area contributed by atoms with Gasteiger partial charge in [-0.25, -0.2) is 0 Å². The van der Waals surface area contributed by atoms with Gasteiger partial charge in [0.05, 0.1) is 11.8 Å². The van der Waals surface area contributed by atoms with Gasteiger partial charge in [-0.1, -0.05) is 18.2 Å². The number of aryl methyl sites for hydroxylation is 1. The van der Waals surface area contributed by atoms with Crippen molar-refractivity contribution in [3.8, 4) is 0 Å². The standard InChI is InChI=1S/C14H14ClNO2/c1-3-16(12-7-5-4-6-10(12)2)14(17)11-8-9-18-13(11)15/h4-9H,3H2,1-2H3. The third kappa shape index (κ3) is 2.27. The molecular weight excluding hydrogens is 250 g/mol. The van der Waals surface area contributed by atoms with Crippen LogP contribution in [0.2, 0.25) is 5.22 Å². The van der Waals surface area contributed by atoms with E-state index in [9.17, 15) is 4.79 Å². The molecule has 1 aromatic carbocycles. The van der Waals surface area contributed by atoms with Gasteiger partial charge in [0.15, 0.2) is 0 Å². The number of amides is 1. The predicted octanol–water partition coefficient (Wildman–Crippen LogP) is 3.91. The quantitative estimate of drug-likeness (QED) is 0.841. The van der Waals surface area contributed by atoms with Gasteiger partial charge in [0.1, 0.15) is 0 Å². The zero-order valence-corrected chi connectivity index (χ0v) is 11.1. The van der Waals surface area contributed by atoms with Gasteiger partial charge >= 0.3 is 0 Å². The van der Waals surface area contributed by atoms with Crippen molar-refractivity contribution in [3.63, 3.8) is 0 Å². The second kappa shape index (κ2) is 5.27. The molecule has 0 radical (unpaired) electrons. The smallest absolute Gasteiger partial charge is 0.263 e. The van der Waals surface area contributed by atoms with Crippen molar-refractivity contribution in [3.05, 3.63) is 52.9 Å². The predicted molar refractivity (Wildman–Crippen MR) is 72.2 cm³/mol. The van der Waals surface area contributed by atoms with Crippen LogP contribution in [-0.2, 0) is 0 Å². The molecule has 0 saturated heterocycles. The molecule has 94 valence electrons. The SMILES string of the molecule is CCN(C(=O)c1ccoc1Cl)c1ccccc1C. The van der Waals surface area contributed by atoms with E-state index in [1.807, 2.05) is 38.1 Å². The Bertz CT molecular complexity index is 562. The summed E-state index contributed by atoms with van der Waals surface area (Å²) in [6, 6.07) is 9.34. The number of anilines is 1. The van der Waals surface area contributed by atoms with Gasteiger partial charge in [0, 0.05) is 12.2 Å². The highest BCUT2D eigenvalue weighted by Gasteiger charge is 2.21. The molecule has 0 aliphatic heterocycles. The third-order valence-corrected chi connectivity index (χ3v) is 3.11. The first-order valence-corrected chi connectivity index (χ1v) is 6.13. The molecule has 0 saturated carbocycles. The monoisotopic (exact) mass is 263 g/mol. The summed E-state index contributed by atoms with van der Waals surface area (Å²) in [6.07, 6.45) is 1.42. The number of carbonyl (C=O) groups is 1. The van der Waals surface area contributed by atoms with Crippen molar-refractivity contribution < 1.29 is 9.21 Å². The van der Waals surface area contributed by atoms with Crippen LogP contribution in [0, 0.1) is 6.92 Å². The molecule has 1 aromatic heterocycles. The number of carbonyl (C=O) groups excluding carboxylic acids is 1. The van der Waals surface area contributed by atoms with E-state index in [0.29, 0.717) is 12.1 Å². The number of hydrogen-bond acceptors (Lipinski definition) is 2. The highest BCUT2D eigenvalue weighted by atomic mass is 35.5. The summed E-state index contributed by atoms with van der Waals surface area (Å²) in [5, 5.41) is 0.132. The maximum Gasteiger partial charge on any atom is 0.263 e. The Morgan fingerprint density at radius 3 is 2.61 bits per heavy atom. The van der Waals surface area contributed by atoms with Gasteiger partial charge in [-0.3, -0.25) is 4.79 Å². The van der Waals surface area contributed by atoms with Crippen LogP contribution in [0.15, 0.2) is 41.0 Å². The Labute approximate surface area is 111 Å². The summed E-state index contributed by atoms with van der Waals surface area (Å²) in [5.74, 6) is -0.148. The van der Waals surface area contributed by atoms with Gasteiger partial charge in [-0.05, 0) is 43.1 Å². The summed E-state index contributed by atoms with van der Waals surface area (Å²) < 4.78 is 4.96. The van der Waals surface area contributed by atoms with E-state index in [2.05, 4.69) is 0 Å². The fraction of sp³-hybridized carbons (Fsp3) is 0.214. The summed E-state index contributed by atoms with van der Waals surface area (Å²) in [4.78, 5) is 14.1. The Kier molecular flexibility index (Phi) is 3.72. The molecule has 1 amide bonds. The lowest BCUT2D eigenvalue weighted by Gasteiger charge is -2.22. The van der Waals surface area contributed by atoms with Crippen molar-refractivity contribution >= 4 is 23.2 Å². The van der Waals surface area contributed by atoms with Crippen molar-refractivity contribution in [1.29, 1.82) is 0 Å². The molecule has 0 aliphatic carbocycles. The molecule has 2 aromatic rings. The van der Waals surface area contributed by atoms with Gasteiger partial charge in [-0.2, -0.15) is 0 Å². The van der Waals surface area contributed by atoms with Gasteiger partial charge in [-0.15, -0.1) is 0 Å². The largest absolute Gasteiger partial charge is 0.452 e. The molecule has 0 fully saturated rings. The fourth-order valence-electron chi connectivity index (χ4n) is 1.88. The molecule has 0 unspecified atom stereocenters. The minimum atomic E-state index is -0.148. The lowest BCUT2D eigenvalue weighted by atomic mass is 10.1. The lowest BCUT2D eigenvalue weighted by Crippen LogP contribution is -2.31. The number of benzene rings is 1. The number of hydrogen-bond donors (Lipinski definition) is 0. The maximum absolute atomic E-state index is 12.4. The van der Waals surface area contributed by atoms with E-state index in [1.54, 1.807) is 11.0 Å². The van der Waals surface area contributed by atoms with Crippen LogP contribution in [0.25, 0.3) is 0 Å². The zero-order chi connectivity index (χ0) is 13.1. The maximum atomic E-state index is 12.4. The van der Waals surface area contributed by atoms with Crippen molar-refractivity contribution in [1.82, 2.24) is 0 Å². The molecule has 2 rings (SSSR count). The summed E-state index contributed by atoms with van der Waals surface area (Å²) in [5.41, 5.74) is 2.33. The van der Waals surface area contributed by atoms with Crippen molar-refractivity contribution in [2.45, 2.75) is 13.8 Å². The van der Waals surface area contributed by atoms with Crippen LogP contribution in [0.5, 0.6) is 0 Å². The first-order valence-electron chi connectivity index (χ1n) is 5.75. The summed E-state index contributed by atoms with van der Waals surface area (Å²) >= 11 is 5.85. The van der Waals surface area contributed by atoms with Crippen LogP contribution in [0.3, 0.4) is 0 Å². The third-order valence-electron chi connectivity index (χ3n) is 2.82. The minimum absolute atomic E-state index is 0.132. The van der Waals surface area contributed by atoms with Crippen LogP contribution in [0.1, 0.15) is 22.8 Å². The van der Waals surface area contributed by atoms with E-state index in [0.717, 1.165) is 11.3 Å². The lowest BCUT2D eigenvalue weighted by molar-refractivity contribution is 0.0987. The highest BCUT2D eigenvalue weighted by Crippen LogP contribution is 2.24. The Balaban J connectivity index is 2.39. The normalized spacial score (nSPS) is 10.4. The molecule has 3 nitrogen and oxygen atoms in total. The van der Waals surface area contributed by atoms with Crippen molar-refractivity contribution in [2.75, 3.05) is 11.4 Å². The molecule has 0 spiro atoms. The molecule has 4 heteroatoms. The molecular formula is C14H14ClNO2. The summed E-state index contributed by atoms with van der Waals surface area (Å²) in [7, 11) is 0.